The number of benzene rings is 2. The van der Waals surface area contributed by atoms with Crippen LogP contribution in [0.3, 0.4) is 0 Å². The van der Waals surface area contributed by atoms with Crippen molar-refractivity contribution in [2.45, 2.75) is 26.3 Å². The van der Waals surface area contributed by atoms with E-state index < -0.39 is 12.1 Å². The number of anilines is 2. The van der Waals surface area contributed by atoms with Gasteiger partial charge in [-0.15, -0.1) is 10.2 Å². The number of nitrogens with zero attached hydrogens (tertiary/aromatic N) is 2. The first-order valence-electron chi connectivity index (χ1n) is 9.59. The Balaban J connectivity index is 1.67. The summed E-state index contributed by atoms with van der Waals surface area (Å²) in [5.41, 5.74) is 1.44. The lowest BCUT2D eigenvalue weighted by Gasteiger charge is -2.23. The molecule has 1 aromatic heterocycles. The SMILES string of the molecule is CC[C@@H](C)[C@H](NC(=O)Nc1ccc(Br)cc1)C(=O)Nc1nnc(-c2cccc(Cl)c2)s1. The Hall–Kier alpha value is -2.49. The number of amides is 3. The van der Waals surface area contributed by atoms with E-state index in [1.165, 1.54) is 11.3 Å². The highest BCUT2D eigenvalue weighted by molar-refractivity contribution is 9.10. The standard InChI is InChI=1S/C21H21BrClN5O2S/c1-3-12(2)17(25-20(30)24-16-9-7-14(22)8-10-16)18(29)26-21-28-27-19(31-21)13-5-4-6-15(23)11-13/h4-12,17H,3H2,1-2H3,(H2,24,25,30)(H,26,28,29)/t12-,17+/m1/s1. The Bertz CT molecular complexity index is 1060. The molecule has 1 heterocycles. The fraction of sp³-hybridized carbons (Fsp3) is 0.238. The van der Waals surface area contributed by atoms with Gasteiger partial charge in [0.05, 0.1) is 0 Å². The van der Waals surface area contributed by atoms with Crippen LogP contribution >= 0.6 is 38.9 Å². The minimum Gasteiger partial charge on any atom is -0.326 e. The summed E-state index contributed by atoms with van der Waals surface area (Å²) < 4.78 is 0.907. The molecule has 0 aliphatic rings. The van der Waals surface area contributed by atoms with Crippen LogP contribution in [-0.2, 0) is 4.79 Å². The van der Waals surface area contributed by atoms with Crippen molar-refractivity contribution in [2.75, 3.05) is 10.6 Å². The molecule has 0 radical (unpaired) electrons. The Morgan fingerprint density at radius 3 is 2.55 bits per heavy atom. The molecule has 7 nitrogen and oxygen atoms in total. The van der Waals surface area contributed by atoms with Gasteiger partial charge in [-0.3, -0.25) is 10.1 Å². The van der Waals surface area contributed by atoms with Gasteiger partial charge in [-0.05, 0) is 42.3 Å². The average Bonchev–Trinajstić information content (AvgIpc) is 3.21. The molecule has 0 aliphatic heterocycles. The molecule has 0 spiro atoms. The van der Waals surface area contributed by atoms with Crippen LogP contribution in [0, 0.1) is 5.92 Å². The van der Waals surface area contributed by atoms with Crippen molar-refractivity contribution >= 4 is 61.6 Å². The van der Waals surface area contributed by atoms with E-state index >= 15 is 0 Å². The van der Waals surface area contributed by atoms with E-state index in [9.17, 15) is 9.59 Å². The molecule has 3 aromatic rings. The number of aromatic nitrogens is 2. The summed E-state index contributed by atoms with van der Waals surface area (Å²) >= 11 is 10.6. The predicted octanol–water partition coefficient (Wildman–Crippen LogP) is 5.80. The van der Waals surface area contributed by atoms with Gasteiger partial charge in [0.15, 0.2) is 0 Å². The topological polar surface area (TPSA) is 96.0 Å². The van der Waals surface area contributed by atoms with E-state index in [0.29, 0.717) is 27.3 Å². The molecule has 162 valence electrons. The summed E-state index contributed by atoms with van der Waals surface area (Å²) in [5.74, 6) is -0.440. The Morgan fingerprint density at radius 1 is 1.13 bits per heavy atom. The molecule has 0 fully saturated rings. The highest BCUT2D eigenvalue weighted by atomic mass is 79.9. The highest BCUT2D eigenvalue weighted by Gasteiger charge is 2.27. The monoisotopic (exact) mass is 521 g/mol. The van der Waals surface area contributed by atoms with Crippen LogP contribution in [0.2, 0.25) is 5.02 Å². The molecule has 2 aromatic carbocycles. The molecule has 0 bridgehead atoms. The van der Waals surface area contributed by atoms with Gasteiger partial charge in [0.2, 0.25) is 11.0 Å². The van der Waals surface area contributed by atoms with Gasteiger partial charge in [0.25, 0.3) is 0 Å². The summed E-state index contributed by atoms with van der Waals surface area (Å²) in [6.45, 7) is 3.86. The van der Waals surface area contributed by atoms with E-state index in [4.69, 9.17) is 11.6 Å². The molecule has 0 aliphatic carbocycles. The predicted molar refractivity (Wildman–Crippen MR) is 129 cm³/mol. The van der Waals surface area contributed by atoms with Crippen molar-refractivity contribution in [3.05, 3.63) is 58.0 Å². The number of hydrogen-bond acceptors (Lipinski definition) is 5. The zero-order chi connectivity index (χ0) is 22.4. The number of halogens is 2. The third kappa shape index (κ3) is 6.49. The lowest BCUT2D eigenvalue weighted by Crippen LogP contribution is -2.49. The number of carbonyl (C=O) groups is 2. The van der Waals surface area contributed by atoms with E-state index in [2.05, 4.69) is 42.1 Å². The maximum atomic E-state index is 12.9. The second-order valence-electron chi connectivity index (χ2n) is 6.88. The molecular formula is C21H21BrClN5O2S. The molecule has 3 rings (SSSR count). The second kappa shape index (κ2) is 10.7. The van der Waals surface area contributed by atoms with Gasteiger partial charge in [-0.25, -0.2) is 4.79 Å². The van der Waals surface area contributed by atoms with Crippen molar-refractivity contribution in [1.82, 2.24) is 15.5 Å². The first-order valence-corrected chi connectivity index (χ1v) is 11.6. The largest absolute Gasteiger partial charge is 0.326 e. The zero-order valence-electron chi connectivity index (χ0n) is 16.9. The van der Waals surface area contributed by atoms with Crippen LogP contribution < -0.4 is 16.0 Å². The summed E-state index contributed by atoms with van der Waals surface area (Å²) in [4.78, 5) is 25.4. The normalized spacial score (nSPS) is 12.6. The summed E-state index contributed by atoms with van der Waals surface area (Å²) in [6.07, 6.45) is 0.709. The first-order chi connectivity index (χ1) is 14.9. The minimum absolute atomic E-state index is 0.0870. The van der Waals surface area contributed by atoms with Crippen molar-refractivity contribution in [3.63, 3.8) is 0 Å². The molecule has 31 heavy (non-hydrogen) atoms. The number of rotatable bonds is 7. The van der Waals surface area contributed by atoms with Gasteiger partial charge in [-0.2, -0.15) is 0 Å². The molecule has 10 heteroatoms. The molecule has 0 unspecified atom stereocenters. The van der Waals surface area contributed by atoms with Gasteiger partial charge in [0, 0.05) is 20.7 Å². The van der Waals surface area contributed by atoms with E-state index in [1.54, 1.807) is 24.3 Å². The first kappa shape index (κ1) is 23.2. The second-order valence-corrected chi connectivity index (χ2v) is 9.21. The van der Waals surface area contributed by atoms with E-state index in [0.717, 1.165) is 10.0 Å². The van der Waals surface area contributed by atoms with Gasteiger partial charge < -0.3 is 10.6 Å². The van der Waals surface area contributed by atoms with Crippen LogP contribution in [0.15, 0.2) is 53.0 Å². The summed E-state index contributed by atoms with van der Waals surface area (Å²) in [7, 11) is 0. The van der Waals surface area contributed by atoms with Crippen LogP contribution in [0.25, 0.3) is 10.6 Å². The molecular weight excluding hydrogens is 502 g/mol. The smallest absolute Gasteiger partial charge is 0.319 e. The van der Waals surface area contributed by atoms with Crippen LogP contribution in [0.4, 0.5) is 15.6 Å². The lowest BCUT2D eigenvalue weighted by molar-refractivity contribution is -0.119. The van der Waals surface area contributed by atoms with Crippen LogP contribution in [0.1, 0.15) is 20.3 Å². The number of hydrogen-bond donors (Lipinski definition) is 3. The fourth-order valence-electron chi connectivity index (χ4n) is 2.74. The average molecular weight is 523 g/mol. The van der Waals surface area contributed by atoms with E-state index in [1.807, 2.05) is 38.1 Å². The van der Waals surface area contributed by atoms with E-state index in [-0.39, 0.29) is 11.8 Å². The summed E-state index contributed by atoms with van der Waals surface area (Å²) in [6, 6.07) is 13.2. The van der Waals surface area contributed by atoms with Gasteiger partial charge >= 0.3 is 6.03 Å². The Kier molecular flexibility index (Phi) is 8.00. The molecule has 3 amide bonds. The van der Waals surface area contributed by atoms with Crippen molar-refractivity contribution in [3.8, 4) is 10.6 Å². The quantitative estimate of drug-likeness (QED) is 0.366. The maximum Gasteiger partial charge on any atom is 0.319 e. The third-order valence-electron chi connectivity index (χ3n) is 4.61. The number of carbonyl (C=O) groups excluding carboxylic acids is 2. The maximum absolute atomic E-state index is 12.9. The minimum atomic E-state index is -0.737. The van der Waals surface area contributed by atoms with Crippen molar-refractivity contribution in [2.24, 2.45) is 5.92 Å². The van der Waals surface area contributed by atoms with Crippen molar-refractivity contribution in [1.29, 1.82) is 0 Å². The summed E-state index contributed by atoms with van der Waals surface area (Å²) in [5, 5.41) is 18.0. The number of urea groups is 1. The third-order valence-corrected chi connectivity index (χ3v) is 6.26. The van der Waals surface area contributed by atoms with Crippen LogP contribution in [0.5, 0.6) is 0 Å². The van der Waals surface area contributed by atoms with Gasteiger partial charge in [-0.1, -0.05) is 71.3 Å². The number of nitrogens with one attached hydrogen (secondary N) is 3. The fourth-order valence-corrected chi connectivity index (χ4v) is 3.94. The molecule has 2 atom stereocenters. The zero-order valence-corrected chi connectivity index (χ0v) is 20.0. The Labute approximate surface area is 197 Å². The van der Waals surface area contributed by atoms with Gasteiger partial charge in [0.1, 0.15) is 11.0 Å². The Morgan fingerprint density at radius 2 is 1.87 bits per heavy atom. The van der Waals surface area contributed by atoms with Crippen LogP contribution in [-0.4, -0.2) is 28.2 Å². The highest BCUT2D eigenvalue weighted by Crippen LogP contribution is 2.28. The molecule has 0 saturated heterocycles. The molecule has 0 saturated carbocycles. The lowest BCUT2D eigenvalue weighted by atomic mass is 9.98. The van der Waals surface area contributed by atoms with Crippen molar-refractivity contribution < 1.29 is 9.59 Å². The molecule has 3 N–H and O–H groups in total.